The molecule has 0 atom stereocenters. The number of hydrogen-bond acceptors (Lipinski definition) is 5. The summed E-state index contributed by atoms with van der Waals surface area (Å²) >= 11 is 0. The van der Waals surface area contributed by atoms with Crippen LogP contribution < -0.4 is 4.74 Å². The van der Waals surface area contributed by atoms with Gasteiger partial charge in [-0.3, -0.25) is 0 Å². The lowest BCUT2D eigenvalue weighted by Gasteiger charge is -2.32. The molecule has 0 fully saturated rings. The summed E-state index contributed by atoms with van der Waals surface area (Å²) in [5, 5.41) is 20.5. The van der Waals surface area contributed by atoms with Crippen LogP contribution in [-0.2, 0) is 41.6 Å². The van der Waals surface area contributed by atoms with Gasteiger partial charge in [0.25, 0.3) is 0 Å². The number of aliphatic hydroxyl groups is 2. The molecule has 0 saturated heterocycles. The van der Waals surface area contributed by atoms with Gasteiger partial charge in [-0.15, -0.1) is 0 Å². The molecule has 49 heavy (non-hydrogen) atoms. The highest BCUT2D eigenvalue weighted by atomic mass is 16.5. The molecule has 5 nitrogen and oxygen atoms in total. The number of rotatable bonds is 21. The molecule has 0 aliphatic carbocycles. The van der Waals surface area contributed by atoms with E-state index in [2.05, 4.69) is 95.8 Å². The number of benzene rings is 3. The zero-order valence-corrected chi connectivity index (χ0v) is 31.2. The van der Waals surface area contributed by atoms with Crippen molar-refractivity contribution in [2.75, 3.05) is 26.4 Å². The molecule has 0 unspecified atom stereocenters. The topological polar surface area (TPSA) is 76.0 Å². The first-order chi connectivity index (χ1) is 23.4. The van der Waals surface area contributed by atoms with Crippen molar-refractivity contribution in [3.05, 3.63) is 101 Å². The molecule has 3 aromatic rings. The van der Waals surface area contributed by atoms with E-state index >= 15 is 0 Å². The standard InChI is InChI=1S/C44H62O5/c1-8-10-11-12-34-13-15-35(16-14-34)17-18-36-19-21-40(37(9-2)29-36)38-20-22-41(39(30-38)23-27-49-42(47)33(3)4)48-28-26-44(31-45,32-46)25-24-43(5,6)7/h13-16,19-22,29-30,45-46H,3,8-12,17-18,23-28,31-32H2,1-2,4-7H3. The van der Waals surface area contributed by atoms with Gasteiger partial charge in [0.1, 0.15) is 5.75 Å². The summed E-state index contributed by atoms with van der Waals surface area (Å²) in [5.41, 5.74) is 8.56. The van der Waals surface area contributed by atoms with Crippen molar-refractivity contribution >= 4 is 5.97 Å². The molecule has 0 bridgehead atoms. The number of hydrogen-bond donors (Lipinski definition) is 2. The average Bonchev–Trinajstić information content (AvgIpc) is 3.09. The summed E-state index contributed by atoms with van der Waals surface area (Å²) in [6, 6.07) is 22.2. The number of carbonyl (C=O) groups is 1. The molecule has 0 amide bonds. The zero-order valence-electron chi connectivity index (χ0n) is 31.2. The fourth-order valence-electron chi connectivity index (χ4n) is 6.09. The van der Waals surface area contributed by atoms with Crippen LogP contribution in [0.3, 0.4) is 0 Å². The Kier molecular flexibility index (Phi) is 16.1. The summed E-state index contributed by atoms with van der Waals surface area (Å²) in [7, 11) is 0. The number of aliphatic hydroxyl groups excluding tert-OH is 2. The van der Waals surface area contributed by atoms with Crippen molar-refractivity contribution in [2.45, 2.75) is 112 Å². The summed E-state index contributed by atoms with van der Waals surface area (Å²) in [6.07, 6.45) is 10.5. The highest BCUT2D eigenvalue weighted by Gasteiger charge is 2.30. The van der Waals surface area contributed by atoms with E-state index in [1.54, 1.807) is 6.92 Å². The number of carbonyl (C=O) groups excluding carboxylic acids is 1. The Balaban J connectivity index is 1.77. The quantitative estimate of drug-likeness (QED) is 0.0671. The van der Waals surface area contributed by atoms with Crippen LogP contribution in [0, 0.1) is 10.8 Å². The molecule has 3 aromatic carbocycles. The van der Waals surface area contributed by atoms with Crippen molar-refractivity contribution in [1.29, 1.82) is 0 Å². The predicted molar refractivity (Wildman–Crippen MR) is 203 cm³/mol. The maximum atomic E-state index is 12.1. The van der Waals surface area contributed by atoms with Crippen molar-refractivity contribution < 1.29 is 24.5 Å². The van der Waals surface area contributed by atoms with Crippen LogP contribution in [0.5, 0.6) is 5.75 Å². The molecule has 0 saturated carbocycles. The van der Waals surface area contributed by atoms with Gasteiger partial charge in [-0.25, -0.2) is 4.79 Å². The van der Waals surface area contributed by atoms with E-state index in [9.17, 15) is 15.0 Å². The van der Waals surface area contributed by atoms with E-state index in [-0.39, 0.29) is 25.2 Å². The third-order valence-electron chi connectivity index (χ3n) is 9.64. The van der Waals surface area contributed by atoms with E-state index in [0.29, 0.717) is 25.0 Å². The SMILES string of the molecule is C=C(C)C(=O)OCCc1cc(-c2ccc(CCc3ccc(CCCCC)cc3)cc2CC)ccc1OCCC(CO)(CO)CCC(C)(C)C. The van der Waals surface area contributed by atoms with Gasteiger partial charge >= 0.3 is 5.97 Å². The Morgan fingerprint density at radius 3 is 2.00 bits per heavy atom. The Morgan fingerprint density at radius 1 is 0.735 bits per heavy atom. The highest BCUT2D eigenvalue weighted by Crippen LogP contribution is 2.35. The Hall–Kier alpha value is -3.41. The van der Waals surface area contributed by atoms with E-state index in [4.69, 9.17) is 9.47 Å². The molecule has 0 aliphatic rings. The first-order valence-corrected chi connectivity index (χ1v) is 18.4. The lowest BCUT2D eigenvalue weighted by molar-refractivity contribution is -0.138. The maximum absolute atomic E-state index is 12.1. The molecule has 0 radical (unpaired) electrons. The summed E-state index contributed by atoms with van der Waals surface area (Å²) < 4.78 is 11.8. The molecule has 0 spiro atoms. The largest absolute Gasteiger partial charge is 0.493 e. The minimum Gasteiger partial charge on any atom is -0.493 e. The van der Waals surface area contributed by atoms with Gasteiger partial charge in [0.15, 0.2) is 0 Å². The number of aryl methyl sites for hydroxylation is 4. The number of unbranched alkanes of at least 4 members (excludes halogenated alkanes) is 2. The van der Waals surface area contributed by atoms with Crippen LogP contribution in [0.25, 0.3) is 11.1 Å². The molecular weight excluding hydrogens is 608 g/mol. The van der Waals surface area contributed by atoms with Crippen LogP contribution in [0.4, 0.5) is 0 Å². The van der Waals surface area contributed by atoms with E-state index < -0.39 is 11.4 Å². The normalized spacial score (nSPS) is 11.8. The van der Waals surface area contributed by atoms with E-state index in [1.807, 2.05) is 6.07 Å². The second-order valence-electron chi connectivity index (χ2n) is 15.1. The Bertz CT molecular complexity index is 1460. The van der Waals surface area contributed by atoms with Gasteiger partial charge in [-0.2, -0.15) is 0 Å². The van der Waals surface area contributed by atoms with Gasteiger partial charge in [0.05, 0.1) is 26.4 Å². The van der Waals surface area contributed by atoms with E-state index in [0.717, 1.165) is 55.4 Å². The molecule has 2 N–H and O–H groups in total. The summed E-state index contributed by atoms with van der Waals surface area (Å²) in [5.74, 6) is 0.321. The first kappa shape index (κ1) is 40.0. The lowest BCUT2D eigenvalue weighted by atomic mass is 9.76. The van der Waals surface area contributed by atoms with Crippen molar-refractivity contribution in [3.63, 3.8) is 0 Å². The van der Waals surface area contributed by atoms with Gasteiger partial charge in [-0.05, 0) is 115 Å². The van der Waals surface area contributed by atoms with Crippen molar-refractivity contribution in [1.82, 2.24) is 0 Å². The minimum absolute atomic E-state index is 0.0905. The predicted octanol–water partition coefficient (Wildman–Crippen LogP) is 9.66. The Labute approximate surface area is 296 Å². The fourth-order valence-corrected chi connectivity index (χ4v) is 6.09. The maximum Gasteiger partial charge on any atom is 0.333 e. The summed E-state index contributed by atoms with van der Waals surface area (Å²) in [4.78, 5) is 12.1. The van der Waals surface area contributed by atoms with Crippen LogP contribution in [0.15, 0.2) is 72.8 Å². The van der Waals surface area contributed by atoms with Crippen LogP contribution in [-0.4, -0.2) is 42.6 Å². The monoisotopic (exact) mass is 670 g/mol. The molecule has 0 aliphatic heterocycles. The van der Waals surface area contributed by atoms with Crippen LogP contribution >= 0.6 is 0 Å². The van der Waals surface area contributed by atoms with E-state index in [1.165, 1.54) is 47.1 Å². The molecule has 3 rings (SSSR count). The second kappa shape index (κ2) is 19.7. The fraction of sp³-hybridized carbons (Fsp3) is 0.523. The van der Waals surface area contributed by atoms with Crippen molar-refractivity contribution in [3.8, 4) is 16.9 Å². The van der Waals surface area contributed by atoms with Gasteiger partial charge in [0.2, 0.25) is 0 Å². The molecule has 0 heterocycles. The summed E-state index contributed by atoms with van der Waals surface area (Å²) in [6.45, 7) is 16.7. The lowest BCUT2D eigenvalue weighted by Crippen LogP contribution is -2.33. The zero-order chi connectivity index (χ0) is 35.9. The highest BCUT2D eigenvalue weighted by molar-refractivity contribution is 5.86. The van der Waals surface area contributed by atoms with Crippen LogP contribution in [0.2, 0.25) is 0 Å². The van der Waals surface area contributed by atoms with Gasteiger partial charge in [-0.1, -0.05) is 103 Å². The molecule has 5 heteroatoms. The smallest absolute Gasteiger partial charge is 0.333 e. The number of ether oxygens (including phenoxy) is 2. The van der Waals surface area contributed by atoms with Crippen LogP contribution in [0.1, 0.15) is 108 Å². The average molecular weight is 671 g/mol. The second-order valence-corrected chi connectivity index (χ2v) is 15.1. The third kappa shape index (κ3) is 13.1. The Morgan fingerprint density at radius 2 is 1.39 bits per heavy atom. The van der Waals surface area contributed by atoms with Gasteiger partial charge in [0, 0.05) is 17.4 Å². The van der Waals surface area contributed by atoms with Crippen molar-refractivity contribution in [2.24, 2.45) is 10.8 Å². The first-order valence-electron chi connectivity index (χ1n) is 18.4. The molecule has 268 valence electrons. The third-order valence-corrected chi connectivity index (χ3v) is 9.64. The molecule has 0 aromatic heterocycles. The number of esters is 1. The minimum atomic E-state index is -0.597. The molecular formula is C44H62O5. The van der Waals surface area contributed by atoms with Gasteiger partial charge < -0.3 is 19.7 Å².